The lowest BCUT2D eigenvalue weighted by Gasteiger charge is -2.20. The first-order valence-corrected chi connectivity index (χ1v) is 11.9. The second-order valence-electron chi connectivity index (χ2n) is 9.13. The number of ether oxygens (including phenoxy) is 2. The number of nitrogens with two attached hydrogens (primary N) is 2. The number of esters is 1. The molecule has 0 aromatic heterocycles. The Morgan fingerprint density at radius 3 is 2.40 bits per heavy atom. The van der Waals surface area contributed by atoms with Gasteiger partial charge in [0.1, 0.15) is 11.3 Å². The summed E-state index contributed by atoms with van der Waals surface area (Å²) in [4.78, 5) is 11.8. The molecule has 35 heavy (non-hydrogen) atoms. The lowest BCUT2D eigenvalue weighted by atomic mass is 9.99. The van der Waals surface area contributed by atoms with Crippen molar-refractivity contribution in [3.05, 3.63) is 64.7 Å². The van der Waals surface area contributed by atoms with Crippen LogP contribution in [-0.2, 0) is 22.1 Å². The largest absolute Gasteiger partial charge is 0.494 e. The van der Waals surface area contributed by atoms with Crippen LogP contribution in [0.4, 0.5) is 13.2 Å². The third-order valence-corrected chi connectivity index (χ3v) is 6.10. The molecule has 0 radical (unpaired) electrons. The summed E-state index contributed by atoms with van der Waals surface area (Å²) in [6, 6.07) is 11.3. The number of alkyl halides is 3. The molecule has 0 amide bonds. The van der Waals surface area contributed by atoms with Crippen LogP contribution in [0.15, 0.2) is 42.5 Å². The average molecular weight is 491 g/mol. The van der Waals surface area contributed by atoms with E-state index in [1.807, 2.05) is 18.2 Å². The molecular formula is C27H33F3N2O3. The molecule has 0 saturated heterocycles. The van der Waals surface area contributed by atoms with Crippen LogP contribution in [0.2, 0.25) is 0 Å². The van der Waals surface area contributed by atoms with Gasteiger partial charge in [0.2, 0.25) is 0 Å². The first-order chi connectivity index (χ1) is 16.6. The summed E-state index contributed by atoms with van der Waals surface area (Å²) in [5.74, 6) is 0.306. The van der Waals surface area contributed by atoms with E-state index in [1.54, 1.807) is 19.1 Å². The zero-order valence-corrected chi connectivity index (χ0v) is 20.0. The van der Waals surface area contributed by atoms with Gasteiger partial charge in [0, 0.05) is 6.54 Å². The highest BCUT2D eigenvalue weighted by atomic mass is 19.4. The van der Waals surface area contributed by atoms with E-state index in [4.69, 9.17) is 20.9 Å². The van der Waals surface area contributed by atoms with Gasteiger partial charge in [0.25, 0.3) is 0 Å². The average Bonchev–Trinajstić information content (AvgIpc) is 3.05. The molecule has 0 spiro atoms. The number of carbonyl (C=O) groups excluding carboxylic acids is 1. The summed E-state index contributed by atoms with van der Waals surface area (Å²) in [7, 11) is 0. The van der Waals surface area contributed by atoms with Crippen molar-refractivity contribution in [3.8, 4) is 5.75 Å². The zero-order valence-electron chi connectivity index (χ0n) is 20.0. The number of carbonyl (C=O) groups is 1. The number of halogens is 3. The maximum atomic E-state index is 12.9. The molecule has 2 aromatic rings. The van der Waals surface area contributed by atoms with E-state index in [0.717, 1.165) is 73.1 Å². The highest BCUT2D eigenvalue weighted by molar-refractivity contribution is 5.83. The predicted molar refractivity (Wildman–Crippen MR) is 131 cm³/mol. The molecule has 4 N–H and O–H groups in total. The fraction of sp³-hybridized carbons (Fsp3) is 0.444. The van der Waals surface area contributed by atoms with Crippen LogP contribution < -0.4 is 16.2 Å². The van der Waals surface area contributed by atoms with Gasteiger partial charge < -0.3 is 20.9 Å². The molecular weight excluding hydrogens is 457 g/mol. The molecule has 0 saturated carbocycles. The molecule has 0 bridgehead atoms. The minimum Gasteiger partial charge on any atom is -0.494 e. The lowest BCUT2D eigenvalue weighted by Crippen LogP contribution is -2.52. The monoisotopic (exact) mass is 490 g/mol. The molecule has 2 aromatic carbocycles. The number of benzene rings is 2. The molecule has 3 rings (SSSR count). The number of fused-ring (bicyclic) bond motifs is 1. The Morgan fingerprint density at radius 2 is 1.71 bits per heavy atom. The van der Waals surface area contributed by atoms with Gasteiger partial charge in [-0.1, -0.05) is 24.3 Å². The Balaban J connectivity index is 1.49. The Labute approximate surface area is 204 Å². The van der Waals surface area contributed by atoms with Gasteiger partial charge in [-0.2, -0.15) is 13.2 Å². The minimum absolute atomic E-state index is 0.0343. The quantitative estimate of drug-likeness (QED) is 0.346. The number of aryl methyl sites for hydroxylation is 1. The summed E-state index contributed by atoms with van der Waals surface area (Å²) in [5.41, 5.74) is 13.5. The third-order valence-electron chi connectivity index (χ3n) is 6.10. The normalized spacial score (nSPS) is 15.4. The number of allylic oxidation sites excluding steroid dienone is 1. The molecule has 1 atom stereocenters. The molecule has 190 valence electrons. The van der Waals surface area contributed by atoms with E-state index in [9.17, 15) is 18.0 Å². The van der Waals surface area contributed by atoms with Crippen molar-refractivity contribution in [2.75, 3.05) is 19.8 Å². The zero-order chi connectivity index (χ0) is 25.5. The fourth-order valence-electron chi connectivity index (χ4n) is 3.84. The summed E-state index contributed by atoms with van der Waals surface area (Å²) in [6.45, 7) is 2.44. The van der Waals surface area contributed by atoms with Crippen LogP contribution in [0.1, 0.15) is 61.3 Å². The number of hydrogen-bond acceptors (Lipinski definition) is 5. The topological polar surface area (TPSA) is 87.6 Å². The summed E-state index contributed by atoms with van der Waals surface area (Å²) >= 11 is 0. The van der Waals surface area contributed by atoms with Gasteiger partial charge >= 0.3 is 12.1 Å². The highest BCUT2D eigenvalue weighted by Crippen LogP contribution is 2.34. The molecule has 8 heteroatoms. The predicted octanol–water partition coefficient (Wildman–Crippen LogP) is 5.35. The van der Waals surface area contributed by atoms with Crippen LogP contribution in [0.25, 0.3) is 11.6 Å². The van der Waals surface area contributed by atoms with E-state index in [-0.39, 0.29) is 6.54 Å². The van der Waals surface area contributed by atoms with Crippen molar-refractivity contribution < 1.29 is 27.4 Å². The first kappa shape index (κ1) is 26.8. The Morgan fingerprint density at radius 1 is 1.00 bits per heavy atom. The second kappa shape index (κ2) is 11.7. The van der Waals surface area contributed by atoms with Crippen molar-refractivity contribution in [3.63, 3.8) is 0 Å². The molecule has 0 fully saturated rings. The summed E-state index contributed by atoms with van der Waals surface area (Å²) in [6.07, 6.45) is 2.71. The van der Waals surface area contributed by atoms with Crippen molar-refractivity contribution in [1.82, 2.24) is 0 Å². The van der Waals surface area contributed by atoms with E-state index in [1.165, 1.54) is 5.56 Å². The summed E-state index contributed by atoms with van der Waals surface area (Å²) in [5, 5.41) is 0. The van der Waals surface area contributed by atoms with Crippen LogP contribution in [-0.4, -0.2) is 31.3 Å². The number of rotatable bonds is 10. The minimum atomic E-state index is -4.33. The molecule has 0 heterocycles. The summed E-state index contributed by atoms with van der Waals surface area (Å²) < 4.78 is 49.6. The number of unbranched alkanes of at least 4 members (excludes halogenated alkanes) is 2. The van der Waals surface area contributed by atoms with E-state index in [0.29, 0.717) is 13.2 Å². The van der Waals surface area contributed by atoms with E-state index < -0.39 is 23.2 Å². The standard InChI is InChI=1S/C27H33F3N2O3/c1-26(32,18-31)25(33)35-15-4-2-3-14-34-24-13-10-22-16-20(6-5-7-21(22)17-24)19-8-11-23(12-9-19)27(28,29)30/h8-13,16-17H,2-7,14-15,18,31-32H2,1H3. The fourth-order valence-corrected chi connectivity index (χ4v) is 3.84. The van der Waals surface area contributed by atoms with Crippen molar-refractivity contribution in [1.29, 1.82) is 0 Å². The SMILES string of the molecule is CC(N)(CN)C(=O)OCCCCCOc1ccc2c(c1)CCCC(c1ccc(C(F)(F)F)cc1)=C2. The van der Waals surface area contributed by atoms with Crippen molar-refractivity contribution in [2.24, 2.45) is 11.5 Å². The Bertz CT molecular complexity index is 1030. The van der Waals surface area contributed by atoms with E-state index in [2.05, 4.69) is 6.08 Å². The highest BCUT2D eigenvalue weighted by Gasteiger charge is 2.30. The van der Waals surface area contributed by atoms with Crippen LogP contribution in [0.3, 0.4) is 0 Å². The Kier molecular flexibility index (Phi) is 8.97. The van der Waals surface area contributed by atoms with Gasteiger partial charge in [-0.15, -0.1) is 0 Å². The van der Waals surface area contributed by atoms with Crippen LogP contribution >= 0.6 is 0 Å². The molecule has 0 aliphatic heterocycles. The molecule has 1 aliphatic carbocycles. The van der Waals surface area contributed by atoms with Crippen molar-refractivity contribution >= 4 is 17.6 Å². The lowest BCUT2D eigenvalue weighted by molar-refractivity contribution is -0.149. The van der Waals surface area contributed by atoms with Gasteiger partial charge in [-0.25, -0.2) is 0 Å². The maximum absolute atomic E-state index is 12.9. The number of hydrogen-bond donors (Lipinski definition) is 2. The second-order valence-corrected chi connectivity index (χ2v) is 9.13. The van der Waals surface area contributed by atoms with Gasteiger partial charge in [0.15, 0.2) is 0 Å². The third kappa shape index (κ3) is 7.57. The van der Waals surface area contributed by atoms with Gasteiger partial charge in [-0.3, -0.25) is 4.79 Å². The van der Waals surface area contributed by atoms with Gasteiger partial charge in [-0.05, 0) is 92.0 Å². The molecule has 1 aliphatic rings. The van der Waals surface area contributed by atoms with Crippen LogP contribution in [0.5, 0.6) is 5.75 Å². The van der Waals surface area contributed by atoms with E-state index >= 15 is 0 Å². The smallest absolute Gasteiger partial charge is 0.416 e. The van der Waals surface area contributed by atoms with Crippen molar-refractivity contribution in [2.45, 2.75) is 57.2 Å². The van der Waals surface area contributed by atoms with Gasteiger partial charge in [0.05, 0.1) is 18.8 Å². The Hall–Kier alpha value is -2.84. The molecule has 1 unspecified atom stereocenters. The van der Waals surface area contributed by atoms with Crippen LogP contribution in [0, 0.1) is 0 Å². The maximum Gasteiger partial charge on any atom is 0.416 e. The molecule has 5 nitrogen and oxygen atoms in total. The first-order valence-electron chi connectivity index (χ1n) is 11.9.